The van der Waals surface area contributed by atoms with Gasteiger partial charge in [-0.2, -0.15) is 9.40 Å². The molecule has 0 unspecified atom stereocenters. The number of fused-ring (bicyclic) bond motifs is 2. The number of aryl methyl sites for hydroxylation is 2. The van der Waals surface area contributed by atoms with E-state index in [2.05, 4.69) is 16.5 Å². The quantitative estimate of drug-likeness (QED) is 0.858. The summed E-state index contributed by atoms with van der Waals surface area (Å²) < 4.78 is 27.1. The lowest BCUT2D eigenvalue weighted by Gasteiger charge is -2.16. The van der Waals surface area contributed by atoms with Crippen molar-refractivity contribution < 1.29 is 13.2 Å². The van der Waals surface area contributed by atoms with Crippen LogP contribution in [0.2, 0.25) is 0 Å². The first-order valence-corrected chi connectivity index (χ1v) is 11.1. The van der Waals surface area contributed by atoms with E-state index >= 15 is 0 Å². The van der Waals surface area contributed by atoms with Gasteiger partial charge < -0.3 is 5.32 Å². The number of nitrogens with one attached hydrogen (secondary N) is 1. The number of hydrogen-bond donors (Lipinski definition) is 1. The van der Waals surface area contributed by atoms with Crippen molar-refractivity contribution in [1.82, 2.24) is 19.4 Å². The molecule has 1 atom stereocenters. The van der Waals surface area contributed by atoms with Gasteiger partial charge in [-0.05, 0) is 36.5 Å². The van der Waals surface area contributed by atoms with Crippen molar-refractivity contribution in [3.05, 3.63) is 52.8 Å². The molecule has 2 heterocycles. The molecule has 1 aliphatic carbocycles. The van der Waals surface area contributed by atoms with Crippen molar-refractivity contribution >= 4 is 15.9 Å². The van der Waals surface area contributed by atoms with Crippen LogP contribution < -0.4 is 5.32 Å². The maximum atomic E-state index is 12.6. The van der Waals surface area contributed by atoms with Crippen molar-refractivity contribution in [3.8, 4) is 0 Å². The van der Waals surface area contributed by atoms with E-state index in [9.17, 15) is 13.2 Å². The van der Waals surface area contributed by atoms with Gasteiger partial charge in [-0.3, -0.25) is 9.48 Å². The lowest BCUT2D eigenvalue weighted by atomic mass is 10.0. The van der Waals surface area contributed by atoms with Crippen molar-refractivity contribution in [2.24, 2.45) is 0 Å². The predicted molar refractivity (Wildman–Crippen MR) is 101 cm³/mol. The number of hydrogen-bond acceptors (Lipinski definition) is 4. The van der Waals surface area contributed by atoms with Crippen molar-refractivity contribution in [2.75, 3.05) is 12.8 Å². The molecule has 2 aliphatic rings. The van der Waals surface area contributed by atoms with Crippen LogP contribution in [0.25, 0.3) is 0 Å². The Morgan fingerprint density at radius 2 is 2.11 bits per heavy atom. The number of sulfonamides is 1. The highest BCUT2D eigenvalue weighted by Gasteiger charge is 2.28. The highest BCUT2D eigenvalue weighted by Crippen LogP contribution is 2.32. The van der Waals surface area contributed by atoms with Crippen LogP contribution in [-0.2, 0) is 40.9 Å². The summed E-state index contributed by atoms with van der Waals surface area (Å²) in [6.07, 6.45) is 3.74. The summed E-state index contributed by atoms with van der Waals surface area (Å²) in [6.45, 7) is 1.88. The summed E-state index contributed by atoms with van der Waals surface area (Å²) in [5, 5.41) is 7.55. The van der Waals surface area contributed by atoms with Crippen molar-refractivity contribution in [3.63, 3.8) is 0 Å². The van der Waals surface area contributed by atoms with Gasteiger partial charge in [0.15, 0.2) is 0 Å². The van der Waals surface area contributed by atoms with Crippen LogP contribution in [0, 0.1) is 0 Å². The fourth-order valence-electron chi connectivity index (χ4n) is 3.99. The predicted octanol–water partition coefficient (Wildman–Crippen LogP) is 1.39. The van der Waals surface area contributed by atoms with Gasteiger partial charge in [0.25, 0.3) is 0 Å². The summed E-state index contributed by atoms with van der Waals surface area (Å²) in [7, 11) is -3.23. The molecule has 1 aromatic carbocycles. The van der Waals surface area contributed by atoms with E-state index in [0.29, 0.717) is 26.2 Å². The third kappa shape index (κ3) is 3.77. The Labute approximate surface area is 159 Å². The molecule has 7 nitrogen and oxygen atoms in total. The maximum absolute atomic E-state index is 12.6. The average molecular weight is 388 g/mol. The molecule has 2 aromatic rings. The fourth-order valence-corrected chi connectivity index (χ4v) is 4.82. The first-order chi connectivity index (χ1) is 12.9. The number of amides is 1. The van der Waals surface area contributed by atoms with Gasteiger partial charge in [0.1, 0.15) is 0 Å². The molecule has 0 saturated carbocycles. The second-order valence-electron chi connectivity index (χ2n) is 7.31. The zero-order chi connectivity index (χ0) is 19.0. The minimum atomic E-state index is -3.23. The molecule has 0 radical (unpaired) electrons. The van der Waals surface area contributed by atoms with Gasteiger partial charge in [0, 0.05) is 13.1 Å². The number of nitrogens with zero attached hydrogens (tertiary/aromatic N) is 3. The Hall–Kier alpha value is -2.19. The van der Waals surface area contributed by atoms with Crippen molar-refractivity contribution in [1.29, 1.82) is 0 Å². The largest absolute Gasteiger partial charge is 0.350 e. The second kappa shape index (κ2) is 7.09. The van der Waals surface area contributed by atoms with Crippen LogP contribution in [0.1, 0.15) is 41.3 Å². The van der Waals surface area contributed by atoms with E-state index in [0.717, 1.165) is 36.2 Å². The lowest BCUT2D eigenvalue weighted by Crippen LogP contribution is -2.29. The Morgan fingerprint density at radius 1 is 1.30 bits per heavy atom. The van der Waals surface area contributed by atoms with Crippen LogP contribution in [0.4, 0.5) is 0 Å². The van der Waals surface area contributed by atoms with E-state index in [1.54, 1.807) is 0 Å². The normalized spacial score (nSPS) is 20.0. The maximum Gasteiger partial charge on any atom is 0.227 e. The first kappa shape index (κ1) is 18.2. The Balaban J connectivity index is 1.42. The Morgan fingerprint density at radius 3 is 2.93 bits per heavy atom. The minimum absolute atomic E-state index is 0.0286. The Bertz CT molecular complexity index is 967. The van der Waals surface area contributed by atoms with Gasteiger partial charge >= 0.3 is 0 Å². The van der Waals surface area contributed by atoms with Crippen LogP contribution in [0.5, 0.6) is 0 Å². The van der Waals surface area contributed by atoms with E-state index in [1.807, 2.05) is 28.9 Å². The van der Waals surface area contributed by atoms with Crippen LogP contribution in [0.3, 0.4) is 0 Å². The van der Waals surface area contributed by atoms with Crippen molar-refractivity contribution in [2.45, 2.75) is 44.8 Å². The number of benzene rings is 1. The molecule has 4 rings (SSSR count). The highest BCUT2D eigenvalue weighted by molar-refractivity contribution is 7.88. The molecular weight excluding hydrogens is 364 g/mol. The van der Waals surface area contributed by atoms with Gasteiger partial charge in [-0.25, -0.2) is 8.42 Å². The van der Waals surface area contributed by atoms with Crippen LogP contribution >= 0.6 is 0 Å². The van der Waals surface area contributed by atoms with Gasteiger partial charge in [-0.1, -0.05) is 24.3 Å². The SMILES string of the molecule is CS(=O)(=O)N1CCCn2nc(CNC(=O)[C@H]3CCc4ccccc43)cc2C1. The molecule has 0 fully saturated rings. The fraction of sp³-hybridized carbons (Fsp3) is 0.474. The summed E-state index contributed by atoms with van der Waals surface area (Å²) in [5.41, 5.74) is 4.01. The third-order valence-electron chi connectivity index (χ3n) is 5.39. The molecule has 1 aliphatic heterocycles. The van der Waals surface area contributed by atoms with E-state index in [1.165, 1.54) is 16.1 Å². The Kier molecular flexibility index (Phi) is 4.77. The molecule has 1 aromatic heterocycles. The molecule has 1 amide bonds. The smallest absolute Gasteiger partial charge is 0.227 e. The van der Waals surface area contributed by atoms with Gasteiger partial charge in [-0.15, -0.1) is 0 Å². The second-order valence-corrected chi connectivity index (χ2v) is 9.29. The third-order valence-corrected chi connectivity index (χ3v) is 6.64. The standard InChI is InChI=1S/C19H24N4O3S/c1-27(25,26)22-9-4-10-23-16(13-22)11-15(21-23)12-20-19(24)18-8-7-14-5-2-3-6-17(14)18/h2-3,5-6,11,18H,4,7-10,12-13H2,1H3,(H,20,24)/t18-/m0/s1. The lowest BCUT2D eigenvalue weighted by molar-refractivity contribution is -0.122. The average Bonchev–Trinajstić information content (AvgIpc) is 3.17. The zero-order valence-electron chi connectivity index (χ0n) is 15.4. The van der Waals surface area contributed by atoms with E-state index in [4.69, 9.17) is 0 Å². The number of carbonyl (C=O) groups is 1. The van der Waals surface area contributed by atoms with Crippen LogP contribution in [0.15, 0.2) is 30.3 Å². The summed E-state index contributed by atoms with van der Waals surface area (Å²) in [6, 6.07) is 10.0. The molecule has 144 valence electrons. The summed E-state index contributed by atoms with van der Waals surface area (Å²) in [5.74, 6) is -0.0664. The monoisotopic (exact) mass is 388 g/mol. The minimum Gasteiger partial charge on any atom is -0.350 e. The molecule has 1 N–H and O–H groups in total. The summed E-state index contributed by atoms with van der Waals surface area (Å²) in [4.78, 5) is 12.6. The molecule has 0 saturated heterocycles. The van der Waals surface area contributed by atoms with E-state index < -0.39 is 10.0 Å². The molecular formula is C19H24N4O3S. The molecule has 27 heavy (non-hydrogen) atoms. The molecule has 0 bridgehead atoms. The topological polar surface area (TPSA) is 84.3 Å². The first-order valence-electron chi connectivity index (χ1n) is 9.28. The van der Waals surface area contributed by atoms with Gasteiger partial charge in [0.2, 0.25) is 15.9 Å². The zero-order valence-corrected chi connectivity index (χ0v) is 16.2. The number of aromatic nitrogens is 2. The number of carbonyl (C=O) groups excluding carboxylic acids is 1. The molecule has 0 spiro atoms. The van der Waals surface area contributed by atoms with Gasteiger partial charge in [0.05, 0.1) is 36.7 Å². The summed E-state index contributed by atoms with van der Waals surface area (Å²) >= 11 is 0. The van der Waals surface area contributed by atoms with Crippen LogP contribution in [-0.4, -0.2) is 41.2 Å². The molecule has 8 heteroatoms. The van der Waals surface area contributed by atoms with E-state index in [-0.39, 0.29) is 11.8 Å². The highest BCUT2D eigenvalue weighted by atomic mass is 32.2. The number of rotatable bonds is 4.